The van der Waals surface area contributed by atoms with Crippen molar-refractivity contribution in [3.63, 3.8) is 0 Å². The van der Waals surface area contributed by atoms with E-state index in [4.69, 9.17) is 10.5 Å². The van der Waals surface area contributed by atoms with Crippen LogP contribution in [0.3, 0.4) is 0 Å². The first-order chi connectivity index (χ1) is 13.2. The summed E-state index contributed by atoms with van der Waals surface area (Å²) >= 11 is 1.27. The summed E-state index contributed by atoms with van der Waals surface area (Å²) in [6, 6.07) is 7.25. The van der Waals surface area contributed by atoms with E-state index < -0.39 is 17.6 Å². The lowest BCUT2D eigenvalue weighted by Gasteiger charge is -2.33. The number of nitrogens with zero attached hydrogens (tertiary/aromatic N) is 1. The smallest absolute Gasteiger partial charge is 0.407 e. The van der Waals surface area contributed by atoms with Crippen LogP contribution in [0, 0.1) is 5.92 Å². The topological polar surface area (TPSA) is 102 Å². The van der Waals surface area contributed by atoms with E-state index >= 15 is 0 Å². The lowest BCUT2D eigenvalue weighted by Crippen LogP contribution is -2.44. The second-order valence-corrected chi connectivity index (χ2v) is 8.91. The van der Waals surface area contributed by atoms with Crippen LogP contribution in [0.4, 0.5) is 4.79 Å². The second-order valence-electron chi connectivity index (χ2n) is 7.89. The zero-order valence-corrected chi connectivity index (χ0v) is 17.5. The van der Waals surface area contributed by atoms with Gasteiger partial charge in [-0.15, -0.1) is 11.8 Å². The van der Waals surface area contributed by atoms with Gasteiger partial charge in [0.2, 0.25) is 5.91 Å². The number of carbonyl (C=O) groups excluding carboxylic acids is 3. The van der Waals surface area contributed by atoms with E-state index in [0.29, 0.717) is 25.2 Å². The van der Waals surface area contributed by atoms with E-state index in [1.165, 1.54) is 11.8 Å². The van der Waals surface area contributed by atoms with E-state index in [-0.39, 0.29) is 17.6 Å². The molecular formula is C20H29N3O4S. The number of piperidine rings is 1. The number of primary amides is 1. The molecular weight excluding hydrogens is 378 g/mol. The summed E-state index contributed by atoms with van der Waals surface area (Å²) in [6.07, 6.45) is 1.38. The fourth-order valence-electron chi connectivity index (χ4n) is 3.05. The Labute approximate surface area is 170 Å². The number of hydrogen-bond acceptors (Lipinski definition) is 5. The number of carbonyl (C=O) groups is 3. The molecule has 8 heteroatoms. The number of benzene rings is 1. The van der Waals surface area contributed by atoms with Crippen LogP contribution in [0.25, 0.3) is 0 Å². The zero-order chi connectivity index (χ0) is 20.7. The summed E-state index contributed by atoms with van der Waals surface area (Å²) in [5.41, 5.74) is 5.27. The molecule has 154 valence electrons. The van der Waals surface area contributed by atoms with Crippen molar-refractivity contribution in [1.82, 2.24) is 10.2 Å². The first-order valence-corrected chi connectivity index (χ1v) is 10.4. The summed E-state index contributed by atoms with van der Waals surface area (Å²) in [5.74, 6) is -0.170. The molecule has 2 rings (SSSR count). The molecule has 3 N–H and O–H groups in total. The quantitative estimate of drug-likeness (QED) is 0.706. The molecule has 1 aliphatic heterocycles. The summed E-state index contributed by atoms with van der Waals surface area (Å²) in [4.78, 5) is 38.5. The molecule has 7 nitrogen and oxygen atoms in total. The Morgan fingerprint density at radius 2 is 2.00 bits per heavy atom. The minimum Gasteiger partial charge on any atom is -0.444 e. The van der Waals surface area contributed by atoms with Gasteiger partial charge in [-0.3, -0.25) is 9.59 Å². The monoisotopic (exact) mass is 407 g/mol. The first-order valence-electron chi connectivity index (χ1n) is 9.42. The van der Waals surface area contributed by atoms with E-state index in [1.807, 2.05) is 43.9 Å². The number of nitrogens with two attached hydrogens (primary N) is 1. The fraction of sp³-hybridized carbons (Fsp3) is 0.550. The van der Waals surface area contributed by atoms with Crippen molar-refractivity contribution in [3.05, 3.63) is 29.8 Å². The van der Waals surface area contributed by atoms with Crippen LogP contribution in [0.2, 0.25) is 0 Å². The van der Waals surface area contributed by atoms with Gasteiger partial charge in [-0.05, 0) is 51.7 Å². The number of likely N-dealkylation sites (tertiary alicyclic amines) is 1. The van der Waals surface area contributed by atoms with E-state index in [9.17, 15) is 14.4 Å². The largest absolute Gasteiger partial charge is 0.444 e. The number of hydrogen-bond donors (Lipinski definition) is 2. The van der Waals surface area contributed by atoms with Crippen LogP contribution in [0.5, 0.6) is 0 Å². The molecule has 1 fully saturated rings. The minimum absolute atomic E-state index is 0.0606. The lowest BCUT2D eigenvalue weighted by molar-refractivity contribution is -0.115. The third kappa shape index (κ3) is 7.07. The van der Waals surface area contributed by atoms with Crippen molar-refractivity contribution >= 4 is 29.7 Å². The zero-order valence-electron chi connectivity index (χ0n) is 16.7. The molecule has 1 aromatic carbocycles. The van der Waals surface area contributed by atoms with Crippen molar-refractivity contribution in [1.29, 1.82) is 0 Å². The molecule has 1 heterocycles. The van der Waals surface area contributed by atoms with E-state index in [1.54, 1.807) is 6.07 Å². The van der Waals surface area contributed by atoms with Gasteiger partial charge >= 0.3 is 6.09 Å². The summed E-state index contributed by atoms with van der Waals surface area (Å²) in [7, 11) is 0. The molecule has 0 unspecified atom stereocenters. The third-order valence-corrected chi connectivity index (χ3v) is 5.32. The van der Waals surface area contributed by atoms with Gasteiger partial charge in [0.25, 0.3) is 5.91 Å². The van der Waals surface area contributed by atoms with Gasteiger partial charge in [0.05, 0.1) is 11.3 Å². The highest BCUT2D eigenvalue weighted by molar-refractivity contribution is 8.00. The molecule has 0 radical (unpaired) electrons. The molecule has 0 aromatic heterocycles. The van der Waals surface area contributed by atoms with Crippen LogP contribution < -0.4 is 11.1 Å². The van der Waals surface area contributed by atoms with Crippen LogP contribution in [0.15, 0.2) is 29.2 Å². The van der Waals surface area contributed by atoms with Crippen LogP contribution in [-0.4, -0.2) is 53.8 Å². The average Bonchev–Trinajstić information content (AvgIpc) is 2.63. The van der Waals surface area contributed by atoms with Crippen molar-refractivity contribution in [2.45, 2.75) is 44.1 Å². The Balaban J connectivity index is 1.96. The lowest BCUT2D eigenvalue weighted by atomic mass is 9.97. The van der Waals surface area contributed by atoms with Crippen molar-refractivity contribution < 1.29 is 19.1 Å². The maximum Gasteiger partial charge on any atom is 0.407 e. The fourth-order valence-corrected chi connectivity index (χ4v) is 3.83. The summed E-state index contributed by atoms with van der Waals surface area (Å²) < 4.78 is 5.26. The molecule has 1 aromatic rings. The van der Waals surface area contributed by atoms with Gasteiger partial charge < -0.3 is 20.7 Å². The number of thioether (sulfide) groups is 1. The number of nitrogens with one attached hydrogen (secondary N) is 1. The molecule has 28 heavy (non-hydrogen) atoms. The number of amides is 3. The highest BCUT2D eigenvalue weighted by Gasteiger charge is 2.26. The Morgan fingerprint density at radius 3 is 2.68 bits per heavy atom. The molecule has 0 aliphatic carbocycles. The molecule has 0 saturated carbocycles. The van der Waals surface area contributed by atoms with Gasteiger partial charge in [0.1, 0.15) is 5.60 Å². The molecule has 0 bridgehead atoms. The summed E-state index contributed by atoms with van der Waals surface area (Å²) in [6.45, 7) is 7.18. The maximum atomic E-state index is 13.0. The van der Waals surface area contributed by atoms with E-state index in [0.717, 1.165) is 17.7 Å². The summed E-state index contributed by atoms with van der Waals surface area (Å²) in [5, 5.41) is 2.80. The van der Waals surface area contributed by atoms with Crippen molar-refractivity contribution in [2.24, 2.45) is 11.7 Å². The highest BCUT2D eigenvalue weighted by Crippen LogP contribution is 2.25. The SMILES string of the molecule is CC(C)(C)OC(=O)NC[C@H]1CCCN(C(=O)c2ccccc2SCC(N)=O)C1. The van der Waals surface area contributed by atoms with Gasteiger partial charge in [0, 0.05) is 24.5 Å². The maximum absolute atomic E-state index is 13.0. The van der Waals surface area contributed by atoms with Crippen LogP contribution in [0.1, 0.15) is 44.0 Å². The Hall–Kier alpha value is -2.22. The molecule has 3 amide bonds. The van der Waals surface area contributed by atoms with Gasteiger partial charge in [0.15, 0.2) is 0 Å². The predicted molar refractivity (Wildman–Crippen MR) is 109 cm³/mol. The predicted octanol–water partition coefficient (Wildman–Crippen LogP) is 2.64. The number of ether oxygens (including phenoxy) is 1. The molecule has 1 atom stereocenters. The second kappa shape index (κ2) is 9.82. The minimum atomic E-state index is -0.537. The van der Waals surface area contributed by atoms with Crippen molar-refractivity contribution in [2.75, 3.05) is 25.4 Å². The van der Waals surface area contributed by atoms with E-state index in [2.05, 4.69) is 5.32 Å². The Morgan fingerprint density at radius 1 is 1.29 bits per heavy atom. The molecule has 1 aliphatic rings. The average molecular weight is 408 g/mol. The molecule has 1 saturated heterocycles. The standard InChI is InChI=1S/C20H29N3O4S/c1-20(2,3)27-19(26)22-11-14-7-6-10-23(12-14)18(25)15-8-4-5-9-16(15)28-13-17(21)24/h4-5,8-9,14H,6-7,10-13H2,1-3H3,(H2,21,24)(H,22,26)/t14-/m1/s1. The van der Waals surface area contributed by atoms with Crippen LogP contribution in [-0.2, 0) is 9.53 Å². The highest BCUT2D eigenvalue weighted by atomic mass is 32.2. The van der Waals surface area contributed by atoms with Crippen molar-refractivity contribution in [3.8, 4) is 0 Å². The normalized spacial score (nSPS) is 17.1. The molecule has 0 spiro atoms. The van der Waals surface area contributed by atoms with Crippen LogP contribution >= 0.6 is 11.8 Å². The Kier molecular flexibility index (Phi) is 7.74. The third-order valence-electron chi connectivity index (χ3n) is 4.23. The van der Waals surface area contributed by atoms with Gasteiger partial charge in [-0.2, -0.15) is 0 Å². The van der Waals surface area contributed by atoms with Gasteiger partial charge in [-0.25, -0.2) is 4.79 Å². The number of alkyl carbamates (subject to hydrolysis) is 1. The number of rotatable bonds is 6. The first kappa shape index (κ1) is 22.1. The Bertz CT molecular complexity index is 718. The van der Waals surface area contributed by atoms with Gasteiger partial charge in [-0.1, -0.05) is 12.1 Å².